The third-order valence-electron chi connectivity index (χ3n) is 3.26. The maximum Gasteiger partial charge on any atom is 0.312 e. The Morgan fingerprint density at radius 1 is 1.35 bits per heavy atom. The van der Waals surface area contributed by atoms with Gasteiger partial charge in [-0.15, -0.1) is 0 Å². The van der Waals surface area contributed by atoms with E-state index in [1.165, 1.54) is 0 Å². The second-order valence-corrected chi connectivity index (χ2v) is 5.42. The average molecular weight is 316 g/mol. The molecule has 1 unspecified atom stereocenters. The topological polar surface area (TPSA) is 115 Å². The Morgan fingerprint density at radius 3 is 2.74 bits per heavy atom. The maximum absolute atomic E-state index is 12.2. The highest BCUT2D eigenvalue weighted by Crippen LogP contribution is 2.07. The maximum atomic E-state index is 12.2. The number of amides is 3. The molecule has 0 aliphatic rings. The first kappa shape index (κ1) is 16.5. The third-order valence-corrected chi connectivity index (χ3v) is 3.26. The Balaban J connectivity index is 2.01. The van der Waals surface area contributed by atoms with E-state index in [-0.39, 0.29) is 11.8 Å². The third kappa shape index (κ3) is 4.53. The molecule has 0 bridgehead atoms. The molecule has 2 heterocycles. The van der Waals surface area contributed by atoms with Crippen LogP contribution in [0.4, 0.5) is 4.79 Å². The normalized spacial score (nSPS) is 12.0. The molecule has 2 aromatic rings. The molecule has 0 fully saturated rings. The van der Waals surface area contributed by atoms with Crippen LogP contribution in [0.5, 0.6) is 0 Å². The van der Waals surface area contributed by atoms with E-state index in [9.17, 15) is 9.59 Å². The van der Waals surface area contributed by atoms with Gasteiger partial charge in [0, 0.05) is 25.1 Å². The summed E-state index contributed by atoms with van der Waals surface area (Å²) in [5.41, 5.74) is 5.98. The van der Waals surface area contributed by atoms with E-state index in [4.69, 9.17) is 5.73 Å². The summed E-state index contributed by atoms with van der Waals surface area (Å²) in [5, 5.41) is 9.35. The molecule has 0 saturated carbocycles. The highest BCUT2D eigenvalue weighted by atomic mass is 16.2. The SMILES string of the molecule is CC(C)C(NC(N)=O)C(=O)NCc1ccnc(-n2cccn2)c1. The predicted molar refractivity (Wildman–Crippen MR) is 84.6 cm³/mol. The van der Waals surface area contributed by atoms with Gasteiger partial charge in [0.25, 0.3) is 0 Å². The van der Waals surface area contributed by atoms with Crippen LogP contribution < -0.4 is 16.4 Å². The number of hydrogen-bond donors (Lipinski definition) is 3. The predicted octanol–water partition coefficient (Wildman–Crippen LogP) is 0.576. The molecule has 0 aliphatic carbocycles. The molecule has 0 radical (unpaired) electrons. The van der Waals surface area contributed by atoms with E-state index < -0.39 is 12.1 Å². The summed E-state index contributed by atoms with van der Waals surface area (Å²) >= 11 is 0. The monoisotopic (exact) mass is 316 g/mol. The zero-order valence-electron chi connectivity index (χ0n) is 13.1. The Labute approximate surface area is 134 Å². The van der Waals surface area contributed by atoms with Crippen molar-refractivity contribution in [2.45, 2.75) is 26.4 Å². The Kier molecular flexibility index (Phi) is 5.29. The number of urea groups is 1. The van der Waals surface area contributed by atoms with Gasteiger partial charge in [0.2, 0.25) is 5.91 Å². The van der Waals surface area contributed by atoms with Crippen LogP contribution in [0.1, 0.15) is 19.4 Å². The van der Waals surface area contributed by atoms with Crippen molar-refractivity contribution in [2.24, 2.45) is 11.7 Å². The second-order valence-electron chi connectivity index (χ2n) is 5.42. The summed E-state index contributed by atoms with van der Waals surface area (Å²) in [6, 6.07) is 4.06. The molecule has 1 atom stereocenters. The fourth-order valence-electron chi connectivity index (χ4n) is 2.09. The molecule has 0 saturated heterocycles. The summed E-state index contributed by atoms with van der Waals surface area (Å²) in [5.74, 6) is 0.313. The number of hydrogen-bond acceptors (Lipinski definition) is 4. The van der Waals surface area contributed by atoms with Crippen molar-refractivity contribution in [1.82, 2.24) is 25.4 Å². The lowest BCUT2D eigenvalue weighted by Crippen LogP contribution is -2.51. The fraction of sp³-hybridized carbons (Fsp3) is 0.333. The minimum Gasteiger partial charge on any atom is -0.352 e. The summed E-state index contributed by atoms with van der Waals surface area (Å²) in [6.45, 7) is 3.99. The lowest BCUT2D eigenvalue weighted by molar-refractivity contribution is -0.124. The van der Waals surface area contributed by atoms with E-state index in [0.29, 0.717) is 12.4 Å². The zero-order chi connectivity index (χ0) is 16.8. The number of carbonyl (C=O) groups is 2. The number of pyridine rings is 1. The zero-order valence-corrected chi connectivity index (χ0v) is 13.1. The van der Waals surface area contributed by atoms with Crippen LogP contribution in [0.15, 0.2) is 36.8 Å². The van der Waals surface area contributed by atoms with Gasteiger partial charge in [-0.3, -0.25) is 4.79 Å². The van der Waals surface area contributed by atoms with E-state index in [1.807, 2.05) is 19.9 Å². The van der Waals surface area contributed by atoms with Crippen LogP contribution >= 0.6 is 0 Å². The van der Waals surface area contributed by atoms with Crippen molar-refractivity contribution in [3.8, 4) is 5.82 Å². The van der Waals surface area contributed by atoms with E-state index in [0.717, 1.165) is 5.56 Å². The molecule has 8 heteroatoms. The highest BCUT2D eigenvalue weighted by Gasteiger charge is 2.22. The van der Waals surface area contributed by atoms with Gasteiger partial charge in [0.1, 0.15) is 6.04 Å². The van der Waals surface area contributed by atoms with Gasteiger partial charge in [0.15, 0.2) is 5.82 Å². The summed E-state index contributed by atoms with van der Waals surface area (Å²) < 4.78 is 1.64. The van der Waals surface area contributed by atoms with Crippen molar-refractivity contribution in [3.63, 3.8) is 0 Å². The average Bonchev–Trinajstić information content (AvgIpc) is 3.04. The van der Waals surface area contributed by atoms with Crippen LogP contribution in [0.2, 0.25) is 0 Å². The number of nitrogens with two attached hydrogens (primary N) is 1. The first-order valence-electron chi connectivity index (χ1n) is 7.26. The van der Waals surface area contributed by atoms with Crippen molar-refractivity contribution in [2.75, 3.05) is 0 Å². The van der Waals surface area contributed by atoms with Crippen LogP contribution in [-0.2, 0) is 11.3 Å². The van der Waals surface area contributed by atoms with Gasteiger partial charge in [-0.2, -0.15) is 5.10 Å². The largest absolute Gasteiger partial charge is 0.352 e. The molecule has 8 nitrogen and oxygen atoms in total. The summed E-state index contributed by atoms with van der Waals surface area (Å²) in [4.78, 5) is 27.4. The van der Waals surface area contributed by atoms with Crippen molar-refractivity contribution in [1.29, 1.82) is 0 Å². The van der Waals surface area contributed by atoms with Crippen molar-refractivity contribution < 1.29 is 9.59 Å². The number of aromatic nitrogens is 3. The number of nitrogens with one attached hydrogen (secondary N) is 2. The summed E-state index contributed by atoms with van der Waals surface area (Å²) in [6.07, 6.45) is 5.11. The Hall–Kier alpha value is -2.90. The molecular formula is C15H20N6O2. The number of nitrogens with zero attached hydrogens (tertiary/aromatic N) is 3. The van der Waals surface area contributed by atoms with Crippen molar-refractivity contribution in [3.05, 3.63) is 42.4 Å². The molecule has 4 N–H and O–H groups in total. The first-order valence-corrected chi connectivity index (χ1v) is 7.26. The highest BCUT2D eigenvalue weighted by molar-refractivity contribution is 5.86. The summed E-state index contributed by atoms with van der Waals surface area (Å²) in [7, 11) is 0. The van der Waals surface area contributed by atoms with Gasteiger partial charge in [-0.1, -0.05) is 13.8 Å². The molecule has 122 valence electrons. The molecule has 3 amide bonds. The van der Waals surface area contributed by atoms with Gasteiger partial charge in [0.05, 0.1) is 0 Å². The number of rotatable bonds is 6. The molecule has 0 aromatic carbocycles. The molecule has 23 heavy (non-hydrogen) atoms. The second kappa shape index (κ2) is 7.39. The van der Waals surface area contributed by atoms with Crippen LogP contribution in [-0.4, -0.2) is 32.7 Å². The van der Waals surface area contributed by atoms with Gasteiger partial charge < -0.3 is 16.4 Å². The standard InChI is InChI=1S/C15H20N6O2/c1-10(2)13(20-15(16)23)14(22)18-9-11-4-6-17-12(8-11)21-7-3-5-19-21/h3-8,10,13H,9H2,1-2H3,(H,18,22)(H3,16,20,23). The van der Waals surface area contributed by atoms with Gasteiger partial charge in [-0.25, -0.2) is 14.5 Å². The van der Waals surface area contributed by atoms with Crippen LogP contribution in [0.25, 0.3) is 5.82 Å². The molecule has 2 rings (SSSR count). The van der Waals surface area contributed by atoms with Crippen molar-refractivity contribution >= 4 is 11.9 Å². The Bertz CT molecular complexity index is 668. The van der Waals surface area contributed by atoms with Crippen LogP contribution in [0.3, 0.4) is 0 Å². The van der Waals surface area contributed by atoms with E-state index >= 15 is 0 Å². The molecule has 2 aromatic heterocycles. The van der Waals surface area contributed by atoms with Gasteiger partial charge in [-0.05, 0) is 29.7 Å². The lowest BCUT2D eigenvalue weighted by Gasteiger charge is -2.20. The molecular weight excluding hydrogens is 296 g/mol. The molecule has 0 aliphatic heterocycles. The quantitative estimate of drug-likeness (QED) is 0.723. The van der Waals surface area contributed by atoms with Crippen LogP contribution in [0, 0.1) is 5.92 Å². The number of primary amides is 1. The van der Waals surface area contributed by atoms with E-state index in [1.54, 1.807) is 35.4 Å². The number of carbonyl (C=O) groups excluding carboxylic acids is 2. The minimum absolute atomic E-state index is 0.0698. The minimum atomic E-state index is -0.719. The molecule has 0 spiro atoms. The van der Waals surface area contributed by atoms with Gasteiger partial charge >= 0.3 is 6.03 Å². The Morgan fingerprint density at radius 2 is 2.13 bits per heavy atom. The lowest BCUT2D eigenvalue weighted by atomic mass is 10.0. The van der Waals surface area contributed by atoms with E-state index in [2.05, 4.69) is 20.7 Å². The first-order chi connectivity index (χ1) is 11.0. The fourth-order valence-corrected chi connectivity index (χ4v) is 2.09. The smallest absolute Gasteiger partial charge is 0.312 e.